The van der Waals surface area contributed by atoms with Crippen LogP contribution < -0.4 is 10.1 Å². The van der Waals surface area contributed by atoms with E-state index in [4.69, 9.17) is 4.74 Å². The lowest BCUT2D eigenvalue weighted by Crippen LogP contribution is -2.15. The van der Waals surface area contributed by atoms with Gasteiger partial charge in [-0.25, -0.2) is 8.42 Å². The first-order valence-electron chi connectivity index (χ1n) is 10.9. The molecule has 1 amide bonds. The number of carbonyl (C=O) groups is 1. The van der Waals surface area contributed by atoms with Crippen LogP contribution in [0.25, 0.3) is 0 Å². The number of allylic oxidation sites excluding steroid dienone is 1. The van der Waals surface area contributed by atoms with Crippen molar-refractivity contribution in [1.82, 2.24) is 14.8 Å². The van der Waals surface area contributed by atoms with E-state index in [-0.39, 0.29) is 29.1 Å². The van der Waals surface area contributed by atoms with Gasteiger partial charge in [0.1, 0.15) is 11.6 Å². The summed E-state index contributed by atoms with van der Waals surface area (Å²) in [6.07, 6.45) is 2.24. The maximum atomic E-state index is 12.7. The van der Waals surface area contributed by atoms with Crippen LogP contribution in [0.2, 0.25) is 0 Å². The van der Waals surface area contributed by atoms with Crippen molar-refractivity contribution in [1.29, 1.82) is 0 Å². The number of benzene rings is 2. The van der Waals surface area contributed by atoms with E-state index >= 15 is 0 Å². The molecule has 10 heteroatoms. The van der Waals surface area contributed by atoms with E-state index in [1.54, 1.807) is 18.2 Å². The van der Waals surface area contributed by atoms with Gasteiger partial charge in [0.2, 0.25) is 5.91 Å². The summed E-state index contributed by atoms with van der Waals surface area (Å²) in [4.78, 5) is 12.7. The van der Waals surface area contributed by atoms with Crippen molar-refractivity contribution in [2.24, 2.45) is 0 Å². The van der Waals surface area contributed by atoms with Gasteiger partial charge in [0.25, 0.3) is 0 Å². The lowest BCUT2D eigenvalue weighted by atomic mass is 10.1. The minimum Gasteiger partial charge on any atom is -0.455 e. The zero-order valence-electron chi connectivity index (χ0n) is 18.8. The highest BCUT2D eigenvalue weighted by molar-refractivity contribution is 7.99. The Morgan fingerprint density at radius 2 is 2.00 bits per heavy atom. The summed E-state index contributed by atoms with van der Waals surface area (Å²) in [7, 11) is -3.05. The van der Waals surface area contributed by atoms with E-state index in [1.165, 1.54) is 11.8 Å². The first-order chi connectivity index (χ1) is 16.3. The van der Waals surface area contributed by atoms with Crippen molar-refractivity contribution in [2.45, 2.75) is 31.0 Å². The van der Waals surface area contributed by atoms with Gasteiger partial charge in [0.05, 0.1) is 22.9 Å². The molecule has 2 heterocycles. The molecular formula is C24H26N4O4S2. The third-order valence-electron chi connectivity index (χ3n) is 5.40. The average molecular weight is 499 g/mol. The number of para-hydroxylation sites is 2. The second-order valence-electron chi connectivity index (χ2n) is 8.09. The highest BCUT2D eigenvalue weighted by atomic mass is 32.2. The number of nitrogens with zero attached hydrogens (tertiary/aromatic N) is 3. The lowest BCUT2D eigenvalue weighted by Gasteiger charge is -2.13. The number of anilines is 1. The number of hydrogen-bond acceptors (Lipinski definition) is 7. The molecule has 1 aliphatic heterocycles. The molecule has 0 radical (unpaired) electrons. The van der Waals surface area contributed by atoms with Crippen LogP contribution in [-0.4, -0.2) is 46.3 Å². The number of carbonyl (C=O) groups excluding carboxylic acids is 1. The molecule has 0 aliphatic carbocycles. The molecule has 0 spiro atoms. The quantitative estimate of drug-likeness (QED) is 0.348. The van der Waals surface area contributed by atoms with Crippen LogP contribution in [0, 0.1) is 6.92 Å². The molecule has 1 N–H and O–H groups in total. The number of thioether (sulfide) groups is 1. The van der Waals surface area contributed by atoms with Crippen LogP contribution in [0.15, 0.2) is 66.3 Å². The number of nitrogens with one attached hydrogen (secondary N) is 1. The summed E-state index contributed by atoms with van der Waals surface area (Å²) < 4.78 is 31.6. The fraction of sp³-hybridized carbons (Fsp3) is 0.292. The number of aryl methyl sites for hydroxylation is 1. The summed E-state index contributed by atoms with van der Waals surface area (Å²) in [5.41, 5.74) is 1.70. The van der Waals surface area contributed by atoms with Crippen molar-refractivity contribution in [3.05, 3.63) is 72.6 Å². The Kier molecular flexibility index (Phi) is 7.38. The Bertz CT molecular complexity index is 1290. The molecule has 1 fully saturated rings. The summed E-state index contributed by atoms with van der Waals surface area (Å²) in [5, 5.41) is 11.9. The first-order valence-corrected chi connectivity index (χ1v) is 13.7. The number of aromatic nitrogens is 3. The zero-order valence-corrected chi connectivity index (χ0v) is 20.4. The summed E-state index contributed by atoms with van der Waals surface area (Å²) >= 11 is 1.24. The van der Waals surface area contributed by atoms with Gasteiger partial charge in [-0.1, -0.05) is 47.7 Å². The van der Waals surface area contributed by atoms with E-state index < -0.39 is 9.84 Å². The van der Waals surface area contributed by atoms with Gasteiger partial charge in [-0.3, -0.25) is 4.79 Å². The summed E-state index contributed by atoms with van der Waals surface area (Å²) in [6.45, 7) is 6.22. The lowest BCUT2D eigenvalue weighted by molar-refractivity contribution is -0.113. The number of rotatable bonds is 9. The third kappa shape index (κ3) is 5.87. The molecule has 1 unspecified atom stereocenters. The number of sulfone groups is 1. The average Bonchev–Trinajstić information content (AvgIpc) is 3.37. The van der Waals surface area contributed by atoms with Crippen molar-refractivity contribution in [3.8, 4) is 11.5 Å². The van der Waals surface area contributed by atoms with Crippen LogP contribution in [0.4, 0.5) is 5.69 Å². The molecule has 8 nitrogen and oxygen atoms in total. The fourth-order valence-corrected chi connectivity index (χ4v) is 6.21. The van der Waals surface area contributed by atoms with Crippen LogP contribution >= 0.6 is 11.8 Å². The molecule has 3 aromatic rings. The Morgan fingerprint density at radius 3 is 2.71 bits per heavy atom. The van der Waals surface area contributed by atoms with E-state index in [2.05, 4.69) is 22.1 Å². The van der Waals surface area contributed by atoms with Crippen molar-refractivity contribution >= 4 is 33.2 Å². The Labute approximate surface area is 203 Å². The van der Waals surface area contributed by atoms with E-state index in [0.29, 0.717) is 41.1 Å². The maximum absolute atomic E-state index is 12.7. The van der Waals surface area contributed by atoms with Gasteiger partial charge in [-0.05, 0) is 37.6 Å². The molecule has 4 rings (SSSR count). The predicted molar refractivity (Wildman–Crippen MR) is 133 cm³/mol. The second kappa shape index (κ2) is 10.4. The number of ether oxygens (including phenoxy) is 1. The van der Waals surface area contributed by atoms with Crippen LogP contribution in [-0.2, 0) is 21.2 Å². The van der Waals surface area contributed by atoms with Crippen molar-refractivity contribution < 1.29 is 17.9 Å². The van der Waals surface area contributed by atoms with Gasteiger partial charge in [-0.15, -0.1) is 16.8 Å². The largest absolute Gasteiger partial charge is 0.455 e. The fourth-order valence-electron chi connectivity index (χ4n) is 3.72. The Balaban J connectivity index is 1.42. The Hall–Kier alpha value is -3.11. The molecule has 178 valence electrons. The molecule has 0 saturated carbocycles. The van der Waals surface area contributed by atoms with Crippen molar-refractivity contribution in [3.63, 3.8) is 0 Å². The van der Waals surface area contributed by atoms with Gasteiger partial charge < -0.3 is 14.6 Å². The van der Waals surface area contributed by atoms with E-state index in [1.807, 2.05) is 47.9 Å². The molecule has 0 bridgehead atoms. The van der Waals surface area contributed by atoms with Crippen LogP contribution in [0.1, 0.15) is 23.7 Å². The van der Waals surface area contributed by atoms with Crippen LogP contribution in [0.5, 0.6) is 11.5 Å². The van der Waals surface area contributed by atoms with Gasteiger partial charge in [0, 0.05) is 12.5 Å². The van der Waals surface area contributed by atoms with E-state index in [9.17, 15) is 13.2 Å². The molecule has 1 atom stereocenters. The topological polar surface area (TPSA) is 103 Å². The minimum absolute atomic E-state index is 0.0746. The second-order valence-corrected chi connectivity index (χ2v) is 11.3. The molecule has 34 heavy (non-hydrogen) atoms. The molecule has 1 saturated heterocycles. The molecule has 1 aromatic heterocycles. The monoisotopic (exact) mass is 498 g/mol. The minimum atomic E-state index is -3.05. The smallest absolute Gasteiger partial charge is 0.234 e. The molecule has 2 aromatic carbocycles. The summed E-state index contributed by atoms with van der Waals surface area (Å²) in [5.74, 6) is 1.79. The number of amides is 1. The highest BCUT2D eigenvalue weighted by Crippen LogP contribution is 2.31. The SMILES string of the molecule is C=CCn1c(SCC(=O)Nc2ccccc2Oc2ccc(C)cc2)nnc1C1CCS(=O)(=O)C1. The van der Waals surface area contributed by atoms with E-state index in [0.717, 1.165) is 5.56 Å². The van der Waals surface area contributed by atoms with Gasteiger partial charge >= 0.3 is 0 Å². The standard InChI is InChI=1S/C24H26N4O4S2/c1-3-13-28-23(18-12-14-34(30,31)16-18)26-27-24(28)33-15-22(29)25-20-6-4-5-7-21(20)32-19-10-8-17(2)9-11-19/h3-11,18H,1,12-16H2,2H3,(H,25,29). The van der Waals surface area contributed by atoms with Crippen LogP contribution in [0.3, 0.4) is 0 Å². The molecular weight excluding hydrogens is 472 g/mol. The highest BCUT2D eigenvalue weighted by Gasteiger charge is 2.33. The third-order valence-corrected chi connectivity index (χ3v) is 8.13. The zero-order chi connectivity index (χ0) is 24.1. The van der Waals surface area contributed by atoms with Crippen molar-refractivity contribution in [2.75, 3.05) is 22.6 Å². The first kappa shape index (κ1) is 24.0. The maximum Gasteiger partial charge on any atom is 0.234 e. The predicted octanol–water partition coefficient (Wildman–Crippen LogP) is 4.20. The Morgan fingerprint density at radius 1 is 1.24 bits per heavy atom. The van der Waals surface area contributed by atoms with Gasteiger partial charge in [-0.2, -0.15) is 0 Å². The number of hydrogen-bond donors (Lipinski definition) is 1. The van der Waals surface area contributed by atoms with Gasteiger partial charge in [0.15, 0.2) is 20.7 Å². The molecule has 1 aliphatic rings. The normalized spacial score (nSPS) is 16.8. The summed E-state index contributed by atoms with van der Waals surface area (Å²) in [6, 6.07) is 14.9.